The van der Waals surface area contributed by atoms with Crippen LogP contribution in [0.15, 0.2) is 18.3 Å². The van der Waals surface area contributed by atoms with Crippen molar-refractivity contribution in [3.05, 3.63) is 23.9 Å². The second-order valence-electron chi connectivity index (χ2n) is 4.90. The van der Waals surface area contributed by atoms with Crippen molar-refractivity contribution in [2.75, 3.05) is 13.7 Å². The molecule has 0 spiro atoms. The van der Waals surface area contributed by atoms with Crippen LogP contribution in [0.25, 0.3) is 0 Å². The molecule has 0 amide bonds. The first-order valence-corrected chi connectivity index (χ1v) is 5.82. The molecule has 0 atom stereocenters. The molecule has 0 aliphatic heterocycles. The number of ether oxygens (including phenoxy) is 2. The smallest absolute Gasteiger partial charge is 0.320 e. The summed E-state index contributed by atoms with van der Waals surface area (Å²) in [5.74, 6) is 0.315. The molecule has 0 aliphatic rings. The van der Waals surface area contributed by atoms with Gasteiger partial charge in [-0.15, -0.1) is 0 Å². The van der Waals surface area contributed by atoms with E-state index in [1.54, 1.807) is 19.4 Å². The number of hydrogen-bond donors (Lipinski definition) is 1. The summed E-state index contributed by atoms with van der Waals surface area (Å²) in [7, 11) is 1.57. The van der Waals surface area contributed by atoms with E-state index in [1.807, 2.05) is 26.8 Å². The maximum absolute atomic E-state index is 11.4. The number of nitrogens with zero attached hydrogens (tertiary/aromatic N) is 1. The van der Waals surface area contributed by atoms with E-state index in [0.29, 0.717) is 12.4 Å². The van der Waals surface area contributed by atoms with Crippen LogP contribution in [-0.4, -0.2) is 30.2 Å². The maximum atomic E-state index is 11.4. The lowest BCUT2D eigenvalue weighted by Crippen LogP contribution is -2.31. The van der Waals surface area contributed by atoms with Gasteiger partial charge in [0, 0.05) is 18.8 Å². The van der Waals surface area contributed by atoms with Crippen molar-refractivity contribution in [1.29, 1.82) is 0 Å². The van der Waals surface area contributed by atoms with Crippen LogP contribution in [0.4, 0.5) is 0 Å². The van der Waals surface area contributed by atoms with Gasteiger partial charge in [-0.3, -0.25) is 4.79 Å². The molecule has 0 fully saturated rings. The van der Waals surface area contributed by atoms with Crippen molar-refractivity contribution >= 4 is 5.97 Å². The van der Waals surface area contributed by atoms with E-state index in [4.69, 9.17) is 9.47 Å². The van der Waals surface area contributed by atoms with E-state index in [-0.39, 0.29) is 12.5 Å². The summed E-state index contributed by atoms with van der Waals surface area (Å²) in [6, 6.07) is 3.68. The number of rotatable bonds is 5. The van der Waals surface area contributed by atoms with Gasteiger partial charge in [0.15, 0.2) is 0 Å². The highest BCUT2D eigenvalue weighted by Crippen LogP contribution is 2.07. The lowest BCUT2D eigenvalue weighted by Gasteiger charge is -2.19. The second-order valence-corrected chi connectivity index (χ2v) is 4.90. The van der Waals surface area contributed by atoms with Crippen LogP contribution in [0.5, 0.6) is 5.88 Å². The van der Waals surface area contributed by atoms with E-state index in [0.717, 1.165) is 5.56 Å². The quantitative estimate of drug-likeness (QED) is 0.805. The van der Waals surface area contributed by atoms with Gasteiger partial charge in [0.1, 0.15) is 5.60 Å². The molecule has 0 bridgehead atoms. The number of carbonyl (C=O) groups is 1. The molecule has 5 nitrogen and oxygen atoms in total. The van der Waals surface area contributed by atoms with Crippen LogP contribution in [0, 0.1) is 0 Å². The number of methoxy groups -OCH3 is 1. The summed E-state index contributed by atoms with van der Waals surface area (Å²) in [5.41, 5.74) is 0.542. The highest BCUT2D eigenvalue weighted by atomic mass is 16.6. The van der Waals surface area contributed by atoms with Crippen molar-refractivity contribution in [3.63, 3.8) is 0 Å². The SMILES string of the molecule is COc1ccc(CNCC(=O)OC(C)(C)C)cn1. The first-order valence-electron chi connectivity index (χ1n) is 5.82. The minimum atomic E-state index is -0.444. The molecule has 1 N–H and O–H groups in total. The van der Waals surface area contributed by atoms with Gasteiger partial charge in [-0.2, -0.15) is 0 Å². The fourth-order valence-corrected chi connectivity index (χ4v) is 1.32. The van der Waals surface area contributed by atoms with Crippen molar-refractivity contribution in [3.8, 4) is 5.88 Å². The molecular formula is C13H20N2O3. The molecule has 0 saturated carbocycles. The molecule has 0 saturated heterocycles. The summed E-state index contributed by atoms with van der Waals surface area (Å²) in [6.45, 7) is 6.29. The molecule has 0 unspecified atom stereocenters. The molecule has 0 aliphatic carbocycles. The van der Waals surface area contributed by atoms with Crippen LogP contribution in [0.1, 0.15) is 26.3 Å². The van der Waals surface area contributed by atoms with Crippen molar-refractivity contribution < 1.29 is 14.3 Å². The van der Waals surface area contributed by atoms with Gasteiger partial charge in [-0.1, -0.05) is 6.07 Å². The number of nitrogens with one attached hydrogen (secondary N) is 1. The minimum Gasteiger partial charge on any atom is -0.481 e. The van der Waals surface area contributed by atoms with Crippen LogP contribution >= 0.6 is 0 Å². The Bertz CT molecular complexity index is 382. The molecule has 18 heavy (non-hydrogen) atoms. The molecule has 1 aromatic rings. The zero-order chi connectivity index (χ0) is 13.6. The van der Waals surface area contributed by atoms with Crippen LogP contribution < -0.4 is 10.1 Å². The fraction of sp³-hybridized carbons (Fsp3) is 0.538. The Hall–Kier alpha value is -1.62. The molecule has 100 valence electrons. The summed E-state index contributed by atoms with van der Waals surface area (Å²) in [5, 5.41) is 3.01. The van der Waals surface area contributed by atoms with Crippen molar-refractivity contribution in [2.24, 2.45) is 0 Å². The van der Waals surface area contributed by atoms with E-state index in [9.17, 15) is 4.79 Å². The number of esters is 1. The van der Waals surface area contributed by atoms with Gasteiger partial charge in [0.25, 0.3) is 0 Å². The van der Waals surface area contributed by atoms with E-state index < -0.39 is 5.60 Å². The average molecular weight is 252 g/mol. The highest BCUT2D eigenvalue weighted by Gasteiger charge is 2.15. The summed E-state index contributed by atoms with van der Waals surface area (Å²) in [6.07, 6.45) is 1.71. The topological polar surface area (TPSA) is 60.5 Å². The molecule has 1 rings (SSSR count). The van der Waals surface area contributed by atoms with Crippen LogP contribution in [0.3, 0.4) is 0 Å². The molecule has 1 aromatic heterocycles. The van der Waals surface area contributed by atoms with Crippen molar-refractivity contribution in [2.45, 2.75) is 32.9 Å². The third kappa shape index (κ3) is 5.63. The second kappa shape index (κ2) is 6.35. The Morgan fingerprint density at radius 2 is 2.11 bits per heavy atom. The number of aromatic nitrogens is 1. The molecule has 5 heteroatoms. The zero-order valence-electron chi connectivity index (χ0n) is 11.3. The first-order chi connectivity index (χ1) is 8.40. The molecule has 0 radical (unpaired) electrons. The largest absolute Gasteiger partial charge is 0.481 e. The van der Waals surface area contributed by atoms with Gasteiger partial charge < -0.3 is 14.8 Å². The lowest BCUT2D eigenvalue weighted by atomic mass is 10.2. The van der Waals surface area contributed by atoms with E-state index in [2.05, 4.69) is 10.3 Å². The minimum absolute atomic E-state index is 0.184. The van der Waals surface area contributed by atoms with E-state index in [1.165, 1.54) is 0 Å². The average Bonchev–Trinajstić information content (AvgIpc) is 2.27. The predicted octanol–water partition coefficient (Wildman–Crippen LogP) is 1.52. The lowest BCUT2D eigenvalue weighted by molar-refractivity contribution is -0.153. The van der Waals surface area contributed by atoms with Gasteiger partial charge in [0.2, 0.25) is 5.88 Å². The Balaban J connectivity index is 2.30. The Morgan fingerprint density at radius 1 is 1.39 bits per heavy atom. The monoisotopic (exact) mass is 252 g/mol. The first kappa shape index (κ1) is 14.4. The number of carbonyl (C=O) groups excluding carboxylic acids is 1. The summed E-state index contributed by atoms with van der Waals surface area (Å²) < 4.78 is 10.1. The van der Waals surface area contributed by atoms with Crippen molar-refractivity contribution in [1.82, 2.24) is 10.3 Å². The Labute approximate surface area is 108 Å². The maximum Gasteiger partial charge on any atom is 0.320 e. The summed E-state index contributed by atoms with van der Waals surface area (Å²) in [4.78, 5) is 15.5. The fourth-order valence-electron chi connectivity index (χ4n) is 1.32. The normalized spacial score (nSPS) is 11.1. The van der Waals surface area contributed by atoms with Gasteiger partial charge in [-0.25, -0.2) is 4.98 Å². The molecule has 1 heterocycles. The molecule has 0 aromatic carbocycles. The third-order valence-corrected chi connectivity index (χ3v) is 2.03. The Kier molecular flexibility index (Phi) is 5.09. The highest BCUT2D eigenvalue weighted by molar-refractivity contribution is 5.72. The third-order valence-electron chi connectivity index (χ3n) is 2.03. The Morgan fingerprint density at radius 3 is 2.61 bits per heavy atom. The van der Waals surface area contributed by atoms with Crippen LogP contribution in [0.2, 0.25) is 0 Å². The number of hydrogen-bond acceptors (Lipinski definition) is 5. The van der Waals surface area contributed by atoms with Crippen LogP contribution in [-0.2, 0) is 16.1 Å². The van der Waals surface area contributed by atoms with E-state index >= 15 is 0 Å². The predicted molar refractivity (Wildman–Crippen MR) is 68.3 cm³/mol. The van der Waals surface area contributed by atoms with Gasteiger partial charge >= 0.3 is 5.97 Å². The molecular weight excluding hydrogens is 232 g/mol. The zero-order valence-corrected chi connectivity index (χ0v) is 11.3. The number of pyridine rings is 1. The summed E-state index contributed by atoms with van der Waals surface area (Å²) >= 11 is 0. The standard InChI is InChI=1S/C13H20N2O3/c1-13(2,3)18-12(16)9-14-7-10-5-6-11(17-4)15-8-10/h5-6,8,14H,7,9H2,1-4H3. The van der Waals surface area contributed by atoms with Gasteiger partial charge in [0.05, 0.1) is 13.7 Å². The van der Waals surface area contributed by atoms with Gasteiger partial charge in [-0.05, 0) is 26.3 Å².